The lowest BCUT2D eigenvalue weighted by Crippen LogP contribution is -2.10. The highest BCUT2D eigenvalue weighted by molar-refractivity contribution is 5.93. The highest BCUT2D eigenvalue weighted by Crippen LogP contribution is 2.26. The van der Waals surface area contributed by atoms with E-state index in [4.69, 9.17) is 9.15 Å². The molecule has 3 N–H and O–H groups in total. The standard InChI is InChI=1S/C28H25N5O4/c1-16-11-21(12-17(2)24(16)26(34)36-15-19-7-5-4-6-8-19)31-27-29-14-18(3)25(33-27)30-20-9-10-23-22(13-20)32-28(35)37-23/h4-14H,15H2,1-3H3,(H,32,35)(H2,29,30,31,33). The van der Waals surface area contributed by atoms with Crippen LogP contribution >= 0.6 is 0 Å². The van der Waals surface area contributed by atoms with Crippen LogP contribution in [0, 0.1) is 20.8 Å². The van der Waals surface area contributed by atoms with Gasteiger partial charge in [-0.15, -0.1) is 0 Å². The van der Waals surface area contributed by atoms with Gasteiger partial charge in [-0.1, -0.05) is 30.3 Å². The van der Waals surface area contributed by atoms with Gasteiger partial charge in [-0.05, 0) is 67.8 Å². The molecule has 5 aromatic rings. The molecule has 2 aromatic heterocycles. The van der Waals surface area contributed by atoms with Crippen LogP contribution in [0.25, 0.3) is 11.1 Å². The zero-order valence-corrected chi connectivity index (χ0v) is 20.6. The predicted molar refractivity (Wildman–Crippen MR) is 142 cm³/mol. The summed E-state index contributed by atoms with van der Waals surface area (Å²) in [6.07, 6.45) is 1.71. The van der Waals surface area contributed by atoms with E-state index in [1.54, 1.807) is 24.4 Å². The lowest BCUT2D eigenvalue weighted by molar-refractivity contribution is 0.0471. The third-order valence-corrected chi connectivity index (χ3v) is 5.86. The van der Waals surface area contributed by atoms with Crippen molar-refractivity contribution in [2.75, 3.05) is 10.6 Å². The number of carbonyl (C=O) groups excluding carboxylic acids is 1. The summed E-state index contributed by atoms with van der Waals surface area (Å²) in [5.41, 5.74) is 6.45. The molecule has 5 rings (SSSR count). The van der Waals surface area contributed by atoms with Crippen LogP contribution in [0.1, 0.15) is 32.6 Å². The summed E-state index contributed by atoms with van der Waals surface area (Å²) in [5.74, 6) is 0.138. The summed E-state index contributed by atoms with van der Waals surface area (Å²) in [7, 11) is 0. The Morgan fingerprint density at radius 3 is 2.46 bits per heavy atom. The Morgan fingerprint density at radius 2 is 1.70 bits per heavy atom. The number of H-pyrrole nitrogens is 1. The lowest BCUT2D eigenvalue weighted by atomic mass is 10.0. The van der Waals surface area contributed by atoms with E-state index in [9.17, 15) is 9.59 Å². The predicted octanol–water partition coefficient (Wildman–Crippen LogP) is 5.68. The summed E-state index contributed by atoms with van der Waals surface area (Å²) in [6, 6.07) is 18.6. The van der Waals surface area contributed by atoms with Gasteiger partial charge in [-0.2, -0.15) is 4.98 Å². The first-order valence-corrected chi connectivity index (χ1v) is 11.7. The molecule has 0 atom stereocenters. The molecule has 0 spiro atoms. The molecule has 37 heavy (non-hydrogen) atoms. The highest BCUT2D eigenvalue weighted by atomic mass is 16.5. The quantitative estimate of drug-likeness (QED) is 0.247. The van der Waals surface area contributed by atoms with Crippen molar-refractivity contribution in [2.45, 2.75) is 27.4 Å². The van der Waals surface area contributed by atoms with Crippen LogP contribution in [0.3, 0.4) is 0 Å². The van der Waals surface area contributed by atoms with E-state index in [0.717, 1.165) is 33.6 Å². The third-order valence-electron chi connectivity index (χ3n) is 5.86. The molecule has 0 aliphatic heterocycles. The highest BCUT2D eigenvalue weighted by Gasteiger charge is 2.16. The van der Waals surface area contributed by atoms with Crippen molar-refractivity contribution in [3.8, 4) is 0 Å². The van der Waals surface area contributed by atoms with Crippen molar-refractivity contribution in [1.82, 2.24) is 15.0 Å². The number of aromatic amines is 1. The summed E-state index contributed by atoms with van der Waals surface area (Å²) < 4.78 is 10.6. The number of rotatable bonds is 7. The summed E-state index contributed by atoms with van der Waals surface area (Å²) in [6.45, 7) is 5.86. The molecule has 0 bridgehead atoms. The molecule has 2 heterocycles. The molecule has 9 heteroatoms. The smallest absolute Gasteiger partial charge is 0.417 e. The number of anilines is 4. The van der Waals surface area contributed by atoms with Crippen LogP contribution < -0.4 is 16.4 Å². The second-order valence-corrected chi connectivity index (χ2v) is 8.75. The number of oxazole rings is 1. The minimum absolute atomic E-state index is 0.217. The normalized spacial score (nSPS) is 10.9. The molecule has 0 fully saturated rings. The van der Waals surface area contributed by atoms with Crippen molar-refractivity contribution in [1.29, 1.82) is 0 Å². The third kappa shape index (κ3) is 5.35. The van der Waals surface area contributed by atoms with Crippen LogP contribution in [0.4, 0.5) is 23.1 Å². The van der Waals surface area contributed by atoms with Gasteiger partial charge in [0.25, 0.3) is 0 Å². The number of carbonyl (C=O) groups is 1. The maximum absolute atomic E-state index is 12.8. The second-order valence-electron chi connectivity index (χ2n) is 8.75. The fourth-order valence-corrected chi connectivity index (χ4v) is 4.08. The number of aromatic nitrogens is 3. The molecule has 186 valence electrons. The Hall–Kier alpha value is -4.92. The zero-order chi connectivity index (χ0) is 25.9. The van der Waals surface area contributed by atoms with Crippen LogP contribution in [0.2, 0.25) is 0 Å². The van der Waals surface area contributed by atoms with Gasteiger partial charge in [-0.3, -0.25) is 4.98 Å². The SMILES string of the molecule is Cc1cnc(Nc2cc(C)c(C(=O)OCc3ccccc3)c(C)c2)nc1Nc1ccc2oc(=O)[nH]c2c1. The number of hydrogen-bond acceptors (Lipinski definition) is 8. The lowest BCUT2D eigenvalue weighted by Gasteiger charge is -2.14. The van der Waals surface area contributed by atoms with E-state index < -0.39 is 5.76 Å². The number of esters is 1. The number of ether oxygens (including phenoxy) is 1. The summed E-state index contributed by atoms with van der Waals surface area (Å²) >= 11 is 0. The van der Waals surface area contributed by atoms with Crippen LogP contribution in [-0.4, -0.2) is 20.9 Å². The molecule has 0 aliphatic rings. The van der Waals surface area contributed by atoms with E-state index >= 15 is 0 Å². The molecular formula is C28H25N5O4. The van der Waals surface area contributed by atoms with Crippen molar-refractivity contribution in [3.05, 3.63) is 105 Å². The van der Waals surface area contributed by atoms with E-state index in [1.807, 2.05) is 63.2 Å². The van der Waals surface area contributed by atoms with Crippen LogP contribution in [0.15, 0.2) is 76.1 Å². The number of hydrogen-bond donors (Lipinski definition) is 3. The van der Waals surface area contributed by atoms with Gasteiger partial charge in [-0.25, -0.2) is 14.6 Å². The number of fused-ring (bicyclic) bond motifs is 1. The van der Waals surface area contributed by atoms with Crippen LogP contribution in [-0.2, 0) is 11.3 Å². The van der Waals surface area contributed by atoms with Gasteiger partial charge in [0.2, 0.25) is 5.95 Å². The number of nitrogens with one attached hydrogen (secondary N) is 3. The average Bonchev–Trinajstić information content (AvgIpc) is 3.24. The van der Waals surface area contributed by atoms with Gasteiger partial charge in [0.15, 0.2) is 5.58 Å². The molecule has 0 radical (unpaired) electrons. The average molecular weight is 496 g/mol. The number of aryl methyl sites for hydroxylation is 3. The monoisotopic (exact) mass is 495 g/mol. The first kappa shape index (κ1) is 23.8. The maximum atomic E-state index is 12.8. The van der Waals surface area contributed by atoms with E-state index in [2.05, 4.69) is 25.6 Å². The fourth-order valence-electron chi connectivity index (χ4n) is 4.08. The minimum Gasteiger partial charge on any atom is -0.457 e. The van der Waals surface area contributed by atoms with Gasteiger partial charge < -0.3 is 19.8 Å². The second kappa shape index (κ2) is 9.98. The first-order valence-electron chi connectivity index (χ1n) is 11.7. The van der Waals surface area contributed by atoms with Gasteiger partial charge in [0, 0.05) is 23.1 Å². The largest absolute Gasteiger partial charge is 0.457 e. The molecular weight excluding hydrogens is 470 g/mol. The van der Waals surface area contributed by atoms with Crippen molar-refractivity contribution in [3.63, 3.8) is 0 Å². The van der Waals surface area contributed by atoms with E-state index in [1.165, 1.54) is 0 Å². The zero-order valence-electron chi connectivity index (χ0n) is 20.6. The molecule has 0 amide bonds. The number of benzene rings is 3. The molecule has 0 saturated heterocycles. The molecule has 9 nitrogen and oxygen atoms in total. The Labute approximate surface area is 212 Å². The van der Waals surface area contributed by atoms with Crippen LogP contribution in [0.5, 0.6) is 0 Å². The molecule has 0 saturated carbocycles. The van der Waals surface area contributed by atoms with Gasteiger partial charge in [0.05, 0.1) is 11.1 Å². The summed E-state index contributed by atoms with van der Waals surface area (Å²) in [5, 5.41) is 6.48. The Balaban J connectivity index is 1.32. The van der Waals surface area contributed by atoms with Gasteiger partial charge >= 0.3 is 11.7 Å². The Kier molecular flexibility index (Phi) is 6.42. The molecule has 0 aliphatic carbocycles. The molecule has 0 unspecified atom stereocenters. The minimum atomic E-state index is -0.502. The fraction of sp³-hybridized carbons (Fsp3) is 0.143. The van der Waals surface area contributed by atoms with Crippen molar-refractivity contribution < 1.29 is 13.9 Å². The van der Waals surface area contributed by atoms with E-state index in [-0.39, 0.29) is 12.6 Å². The summed E-state index contributed by atoms with van der Waals surface area (Å²) in [4.78, 5) is 35.8. The first-order chi connectivity index (χ1) is 17.9. The Morgan fingerprint density at radius 1 is 0.946 bits per heavy atom. The molecule has 3 aromatic carbocycles. The van der Waals surface area contributed by atoms with Crippen molar-refractivity contribution in [2.24, 2.45) is 0 Å². The van der Waals surface area contributed by atoms with E-state index in [0.29, 0.717) is 28.4 Å². The Bertz CT molecular complexity index is 1630. The van der Waals surface area contributed by atoms with Gasteiger partial charge in [0.1, 0.15) is 12.4 Å². The number of nitrogens with zero attached hydrogens (tertiary/aromatic N) is 2. The maximum Gasteiger partial charge on any atom is 0.417 e. The topological polar surface area (TPSA) is 122 Å². The van der Waals surface area contributed by atoms with Crippen molar-refractivity contribution >= 4 is 40.2 Å².